The number of aromatic nitrogens is 2. The quantitative estimate of drug-likeness (QED) is 0.413. The monoisotopic (exact) mass is 451 g/mol. The average Bonchev–Trinajstić information content (AvgIpc) is 3.75. The highest BCUT2D eigenvalue weighted by atomic mass is 16.5. The number of nitrogens with zero attached hydrogens (tertiary/aromatic N) is 4. The smallest absolute Gasteiger partial charge is 0.142 e. The molecule has 4 aromatic rings. The van der Waals surface area contributed by atoms with Crippen LogP contribution in [0, 0.1) is 0 Å². The Kier molecular flexibility index (Phi) is 5.41. The Balaban J connectivity index is 1.31. The fraction of sp³-hybridized carbons (Fsp3) is 0.286. The van der Waals surface area contributed by atoms with Crippen molar-refractivity contribution in [2.45, 2.75) is 18.8 Å². The first-order chi connectivity index (χ1) is 16.8. The summed E-state index contributed by atoms with van der Waals surface area (Å²) in [4.78, 5) is 14.9. The number of hydrogen-bond donors (Lipinski definition) is 1. The van der Waals surface area contributed by atoms with Crippen LogP contribution < -0.4 is 19.9 Å². The van der Waals surface area contributed by atoms with Crippen LogP contribution in [0.3, 0.4) is 0 Å². The Morgan fingerprint density at radius 1 is 0.794 bits per heavy atom. The summed E-state index contributed by atoms with van der Waals surface area (Å²) in [6.07, 6.45) is 2.39. The number of methoxy groups -OCH3 is 1. The number of rotatable bonds is 6. The van der Waals surface area contributed by atoms with E-state index in [1.165, 1.54) is 12.8 Å². The van der Waals surface area contributed by atoms with Crippen molar-refractivity contribution in [3.05, 3.63) is 78.6 Å². The molecule has 34 heavy (non-hydrogen) atoms. The summed E-state index contributed by atoms with van der Waals surface area (Å²) in [5.41, 5.74) is 4.31. The second-order valence-corrected chi connectivity index (χ2v) is 9.05. The van der Waals surface area contributed by atoms with Crippen LogP contribution >= 0.6 is 0 Å². The van der Waals surface area contributed by atoms with Crippen molar-refractivity contribution in [3.8, 4) is 5.75 Å². The van der Waals surface area contributed by atoms with E-state index >= 15 is 0 Å². The lowest BCUT2D eigenvalue weighted by atomic mass is 10.1. The lowest BCUT2D eigenvalue weighted by Gasteiger charge is -2.37. The van der Waals surface area contributed by atoms with E-state index in [9.17, 15) is 0 Å². The molecule has 0 atom stereocenters. The third kappa shape index (κ3) is 4.12. The average molecular weight is 452 g/mol. The van der Waals surface area contributed by atoms with Crippen molar-refractivity contribution in [2.75, 3.05) is 48.4 Å². The number of para-hydroxylation sites is 3. The molecule has 1 saturated heterocycles. The Bertz CT molecular complexity index is 1300. The Morgan fingerprint density at radius 2 is 1.53 bits per heavy atom. The fourth-order valence-electron chi connectivity index (χ4n) is 4.71. The van der Waals surface area contributed by atoms with Gasteiger partial charge >= 0.3 is 0 Å². The highest BCUT2D eigenvalue weighted by Gasteiger charge is 2.29. The van der Waals surface area contributed by atoms with Gasteiger partial charge in [-0.15, -0.1) is 0 Å². The standard InChI is InChI=1S/C28H29N5O/c1-34-26-10-6-5-9-25(26)32-15-17-33(18-16-32)28-23-19-22(29-21-7-3-2-4-8-21)13-14-24(23)30-27(31-28)20-11-12-20/h2-10,13-14,19-20,29H,11-12,15-18H2,1H3. The second-order valence-electron chi connectivity index (χ2n) is 9.05. The molecule has 0 amide bonds. The Labute approximate surface area is 200 Å². The molecule has 0 spiro atoms. The first-order valence-electron chi connectivity index (χ1n) is 12.1. The number of hydrogen-bond acceptors (Lipinski definition) is 6. The molecule has 2 aliphatic rings. The zero-order valence-corrected chi connectivity index (χ0v) is 19.4. The molecule has 6 heteroatoms. The summed E-state index contributed by atoms with van der Waals surface area (Å²) < 4.78 is 5.60. The van der Waals surface area contributed by atoms with E-state index in [-0.39, 0.29) is 0 Å². The molecular formula is C28H29N5O. The zero-order chi connectivity index (χ0) is 22.9. The van der Waals surface area contributed by atoms with Crippen LogP contribution in [-0.2, 0) is 0 Å². The number of ether oxygens (including phenoxy) is 1. The molecule has 3 aromatic carbocycles. The number of fused-ring (bicyclic) bond motifs is 1. The second kappa shape index (κ2) is 8.86. The number of anilines is 4. The van der Waals surface area contributed by atoms with E-state index in [0.717, 1.165) is 71.5 Å². The van der Waals surface area contributed by atoms with Gasteiger partial charge in [0.1, 0.15) is 17.4 Å². The lowest BCUT2D eigenvalue weighted by Crippen LogP contribution is -2.47. The van der Waals surface area contributed by atoms with Crippen LogP contribution in [-0.4, -0.2) is 43.3 Å². The van der Waals surface area contributed by atoms with Gasteiger partial charge in [0.25, 0.3) is 0 Å². The van der Waals surface area contributed by atoms with E-state index in [1.54, 1.807) is 7.11 Å². The van der Waals surface area contributed by atoms with Crippen molar-refractivity contribution in [1.82, 2.24) is 9.97 Å². The molecule has 0 radical (unpaired) electrons. The van der Waals surface area contributed by atoms with Gasteiger partial charge in [-0.2, -0.15) is 0 Å². The van der Waals surface area contributed by atoms with E-state index in [4.69, 9.17) is 14.7 Å². The molecule has 6 nitrogen and oxygen atoms in total. The maximum atomic E-state index is 5.60. The van der Waals surface area contributed by atoms with Crippen LogP contribution in [0.5, 0.6) is 5.75 Å². The first kappa shape index (κ1) is 20.8. The van der Waals surface area contributed by atoms with Gasteiger partial charge in [0.05, 0.1) is 18.3 Å². The van der Waals surface area contributed by atoms with Crippen molar-refractivity contribution < 1.29 is 4.74 Å². The van der Waals surface area contributed by atoms with Gasteiger partial charge in [0, 0.05) is 48.9 Å². The molecule has 1 N–H and O–H groups in total. The minimum Gasteiger partial charge on any atom is -0.495 e. The number of piperazine rings is 1. The van der Waals surface area contributed by atoms with E-state index in [0.29, 0.717) is 5.92 Å². The van der Waals surface area contributed by atoms with Gasteiger partial charge < -0.3 is 19.9 Å². The van der Waals surface area contributed by atoms with Crippen molar-refractivity contribution in [3.63, 3.8) is 0 Å². The molecule has 0 bridgehead atoms. The first-order valence-corrected chi connectivity index (χ1v) is 12.1. The summed E-state index contributed by atoms with van der Waals surface area (Å²) in [5.74, 6) is 3.50. The number of nitrogens with one attached hydrogen (secondary N) is 1. The van der Waals surface area contributed by atoms with Crippen molar-refractivity contribution in [1.29, 1.82) is 0 Å². The third-order valence-electron chi connectivity index (χ3n) is 6.70. The molecule has 2 heterocycles. The third-order valence-corrected chi connectivity index (χ3v) is 6.70. The van der Waals surface area contributed by atoms with Gasteiger partial charge in [0.2, 0.25) is 0 Å². The molecule has 172 valence electrons. The van der Waals surface area contributed by atoms with Gasteiger partial charge in [-0.25, -0.2) is 9.97 Å². The predicted octanol–water partition coefficient (Wildman–Crippen LogP) is 5.59. The molecular weight excluding hydrogens is 422 g/mol. The molecule has 1 aliphatic carbocycles. The van der Waals surface area contributed by atoms with E-state index < -0.39 is 0 Å². The molecule has 6 rings (SSSR count). The molecule has 1 aromatic heterocycles. The normalized spacial score (nSPS) is 16.0. The topological polar surface area (TPSA) is 53.5 Å². The van der Waals surface area contributed by atoms with Crippen LogP contribution in [0.1, 0.15) is 24.6 Å². The largest absolute Gasteiger partial charge is 0.495 e. The number of benzene rings is 3. The van der Waals surface area contributed by atoms with Crippen LogP contribution in [0.4, 0.5) is 22.9 Å². The van der Waals surface area contributed by atoms with Gasteiger partial charge in [-0.05, 0) is 55.3 Å². The van der Waals surface area contributed by atoms with E-state index in [2.05, 4.69) is 57.6 Å². The zero-order valence-electron chi connectivity index (χ0n) is 19.4. The van der Waals surface area contributed by atoms with Crippen molar-refractivity contribution in [2.24, 2.45) is 0 Å². The Hall–Kier alpha value is -3.80. The highest BCUT2D eigenvalue weighted by Crippen LogP contribution is 2.40. The summed E-state index contributed by atoms with van der Waals surface area (Å²) in [6, 6.07) is 25.0. The van der Waals surface area contributed by atoms with Crippen LogP contribution in [0.2, 0.25) is 0 Å². The molecule has 0 unspecified atom stereocenters. The van der Waals surface area contributed by atoms with Crippen LogP contribution in [0.25, 0.3) is 10.9 Å². The van der Waals surface area contributed by atoms with Gasteiger partial charge in [0.15, 0.2) is 0 Å². The predicted molar refractivity (Wildman–Crippen MR) is 139 cm³/mol. The Morgan fingerprint density at radius 3 is 2.29 bits per heavy atom. The molecule has 2 fully saturated rings. The SMILES string of the molecule is COc1ccccc1N1CCN(c2nc(C3CC3)nc3ccc(Nc4ccccc4)cc23)CC1. The summed E-state index contributed by atoms with van der Waals surface area (Å²) in [6.45, 7) is 3.66. The maximum Gasteiger partial charge on any atom is 0.142 e. The highest BCUT2D eigenvalue weighted by molar-refractivity contribution is 5.93. The summed E-state index contributed by atoms with van der Waals surface area (Å²) >= 11 is 0. The van der Waals surface area contributed by atoms with E-state index in [1.807, 2.05) is 30.3 Å². The maximum absolute atomic E-state index is 5.60. The van der Waals surface area contributed by atoms with Crippen molar-refractivity contribution >= 4 is 33.8 Å². The lowest BCUT2D eigenvalue weighted by molar-refractivity contribution is 0.413. The molecule has 1 aliphatic heterocycles. The van der Waals surface area contributed by atoms with Gasteiger partial charge in [-0.3, -0.25) is 0 Å². The molecule has 1 saturated carbocycles. The van der Waals surface area contributed by atoms with Crippen LogP contribution in [0.15, 0.2) is 72.8 Å². The fourth-order valence-corrected chi connectivity index (χ4v) is 4.71. The van der Waals surface area contributed by atoms with Gasteiger partial charge in [-0.1, -0.05) is 30.3 Å². The minimum absolute atomic E-state index is 0.514. The summed E-state index contributed by atoms with van der Waals surface area (Å²) in [7, 11) is 1.74. The minimum atomic E-state index is 0.514. The summed E-state index contributed by atoms with van der Waals surface area (Å²) in [5, 5.41) is 4.63.